The van der Waals surface area contributed by atoms with Crippen molar-refractivity contribution in [2.45, 2.75) is 32.0 Å². The Kier molecular flexibility index (Phi) is 6.11. The topological polar surface area (TPSA) is 65.2 Å². The number of fused-ring (bicyclic) bond motifs is 1. The molecule has 1 fully saturated rings. The summed E-state index contributed by atoms with van der Waals surface area (Å²) in [7, 11) is -0.935. The molecule has 1 aromatic heterocycles. The second-order valence-corrected chi connectivity index (χ2v) is 9.13. The predicted molar refractivity (Wildman–Crippen MR) is 118 cm³/mol. The molecule has 2 aromatic carbocycles. The molecule has 3 unspecified atom stereocenters. The summed E-state index contributed by atoms with van der Waals surface area (Å²) in [5.41, 5.74) is 2.77. The highest BCUT2D eigenvalue weighted by Gasteiger charge is 2.33. The van der Waals surface area contributed by atoms with E-state index >= 15 is 0 Å². The molecular weight excluding hydrogens is 382 g/mol. The normalized spacial score (nSPS) is 21.9. The first kappa shape index (κ1) is 19.9. The van der Waals surface area contributed by atoms with Gasteiger partial charge < -0.3 is 15.2 Å². The first-order valence-electron chi connectivity index (χ1n) is 10.1. The van der Waals surface area contributed by atoms with E-state index in [9.17, 15) is 9.00 Å². The molecule has 0 spiro atoms. The summed E-state index contributed by atoms with van der Waals surface area (Å²) in [6.45, 7) is 3.34. The van der Waals surface area contributed by atoms with Crippen LogP contribution in [0.3, 0.4) is 0 Å². The lowest BCUT2D eigenvalue weighted by atomic mass is 10.1. The molecule has 0 bridgehead atoms. The number of rotatable bonds is 6. The van der Waals surface area contributed by atoms with Crippen LogP contribution in [0.1, 0.15) is 29.4 Å². The maximum absolute atomic E-state index is 13.2. The van der Waals surface area contributed by atoms with E-state index in [1.807, 2.05) is 60.4 Å². The van der Waals surface area contributed by atoms with Crippen molar-refractivity contribution in [3.8, 4) is 0 Å². The third kappa shape index (κ3) is 4.60. The second kappa shape index (κ2) is 8.93. The van der Waals surface area contributed by atoms with Crippen LogP contribution in [0.4, 0.5) is 0 Å². The van der Waals surface area contributed by atoms with Gasteiger partial charge in [0.25, 0.3) is 5.91 Å². The Labute approximate surface area is 174 Å². The molecule has 152 valence electrons. The van der Waals surface area contributed by atoms with Gasteiger partial charge in [-0.25, -0.2) is 0 Å². The minimum atomic E-state index is -0.935. The molecule has 0 radical (unpaired) electrons. The highest BCUT2D eigenvalue weighted by molar-refractivity contribution is 7.85. The molecule has 29 heavy (non-hydrogen) atoms. The van der Waals surface area contributed by atoms with E-state index in [0.29, 0.717) is 23.7 Å². The minimum Gasteiger partial charge on any atom is -0.351 e. The lowest BCUT2D eigenvalue weighted by molar-refractivity contribution is 0.0683. The maximum atomic E-state index is 13.2. The standard InChI is InChI=1S/C23H27N3O2S/c1-2-26(23(27)22-12-18-10-6-7-11-21(18)25-22)20-13-19(15-29(28)16-20)24-14-17-8-4-3-5-9-17/h3-12,19-20,24-25H,2,13-16H2,1H3. The van der Waals surface area contributed by atoms with Gasteiger partial charge in [-0.2, -0.15) is 0 Å². The van der Waals surface area contributed by atoms with Gasteiger partial charge in [0.05, 0.1) is 0 Å². The summed E-state index contributed by atoms with van der Waals surface area (Å²) < 4.78 is 12.5. The number of hydrogen-bond donors (Lipinski definition) is 2. The molecule has 4 rings (SSSR count). The predicted octanol–water partition coefficient (Wildman–Crippen LogP) is 3.31. The molecule has 2 heterocycles. The van der Waals surface area contributed by atoms with Gasteiger partial charge in [0, 0.05) is 58.4 Å². The van der Waals surface area contributed by atoms with Crippen LogP contribution in [-0.2, 0) is 17.3 Å². The van der Waals surface area contributed by atoms with Gasteiger partial charge in [-0.3, -0.25) is 9.00 Å². The molecule has 3 aromatic rings. The average Bonchev–Trinajstić information content (AvgIpc) is 3.17. The number of benzene rings is 2. The van der Waals surface area contributed by atoms with E-state index < -0.39 is 10.8 Å². The Morgan fingerprint density at radius 2 is 1.90 bits per heavy atom. The largest absolute Gasteiger partial charge is 0.351 e. The number of aromatic amines is 1. The average molecular weight is 410 g/mol. The number of nitrogens with zero attached hydrogens (tertiary/aromatic N) is 1. The number of amides is 1. The lowest BCUT2D eigenvalue weighted by Gasteiger charge is -2.36. The first-order chi connectivity index (χ1) is 14.1. The van der Waals surface area contributed by atoms with Crippen molar-refractivity contribution >= 4 is 27.6 Å². The summed E-state index contributed by atoms with van der Waals surface area (Å²) in [5, 5.41) is 4.57. The van der Waals surface area contributed by atoms with E-state index in [1.165, 1.54) is 5.56 Å². The molecular formula is C23H27N3O2S. The van der Waals surface area contributed by atoms with Crippen molar-refractivity contribution in [1.82, 2.24) is 15.2 Å². The van der Waals surface area contributed by atoms with Crippen molar-refractivity contribution in [3.05, 3.63) is 71.9 Å². The van der Waals surface area contributed by atoms with Crippen molar-refractivity contribution in [3.63, 3.8) is 0 Å². The van der Waals surface area contributed by atoms with Crippen molar-refractivity contribution in [2.24, 2.45) is 0 Å². The summed E-state index contributed by atoms with van der Waals surface area (Å²) in [6.07, 6.45) is 0.818. The maximum Gasteiger partial charge on any atom is 0.270 e. The first-order valence-corrected chi connectivity index (χ1v) is 11.6. The zero-order chi connectivity index (χ0) is 20.2. The van der Waals surface area contributed by atoms with Gasteiger partial charge in [0.1, 0.15) is 5.69 Å². The summed E-state index contributed by atoms with van der Waals surface area (Å²) in [5.74, 6) is 1.17. The van der Waals surface area contributed by atoms with Crippen LogP contribution in [0.25, 0.3) is 10.9 Å². The van der Waals surface area contributed by atoms with E-state index in [0.717, 1.165) is 23.9 Å². The van der Waals surface area contributed by atoms with Gasteiger partial charge in [0.15, 0.2) is 0 Å². The number of para-hydroxylation sites is 1. The molecule has 3 atom stereocenters. The molecule has 5 nitrogen and oxygen atoms in total. The van der Waals surface area contributed by atoms with Gasteiger partial charge in [0.2, 0.25) is 0 Å². The summed E-state index contributed by atoms with van der Waals surface area (Å²) in [4.78, 5) is 18.3. The highest BCUT2D eigenvalue weighted by atomic mass is 32.2. The van der Waals surface area contributed by atoms with Crippen LogP contribution in [0, 0.1) is 0 Å². The lowest BCUT2D eigenvalue weighted by Crippen LogP contribution is -2.52. The molecule has 2 N–H and O–H groups in total. The summed E-state index contributed by atoms with van der Waals surface area (Å²) in [6, 6.07) is 20.1. The van der Waals surface area contributed by atoms with Crippen LogP contribution >= 0.6 is 0 Å². The van der Waals surface area contributed by atoms with Crippen LogP contribution < -0.4 is 5.32 Å². The van der Waals surface area contributed by atoms with Crippen LogP contribution in [0.15, 0.2) is 60.7 Å². The Balaban J connectivity index is 1.46. The smallest absolute Gasteiger partial charge is 0.270 e. The van der Waals surface area contributed by atoms with E-state index in [1.54, 1.807) is 0 Å². The minimum absolute atomic E-state index is 0.0191. The third-order valence-electron chi connectivity index (χ3n) is 5.56. The Morgan fingerprint density at radius 1 is 1.14 bits per heavy atom. The third-order valence-corrected chi connectivity index (χ3v) is 7.09. The number of carbonyl (C=O) groups is 1. The van der Waals surface area contributed by atoms with Crippen LogP contribution in [0.5, 0.6) is 0 Å². The van der Waals surface area contributed by atoms with Crippen LogP contribution in [0.2, 0.25) is 0 Å². The second-order valence-electron chi connectivity index (χ2n) is 7.59. The van der Waals surface area contributed by atoms with Gasteiger partial charge in [-0.1, -0.05) is 48.5 Å². The zero-order valence-corrected chi connectivity index (χ0v) is 17.5. The molecule has 1 amide bonds. The van der Waals surface area contributed by atoms with Crippen molar-refractivity contribution in [2.75, 3.05) is 18.1 Å². The number of carbonyl (C=O) groups excluding carboxylic acids is 1. The van der Waals surface area contributed by atoms with E-state index in [2.05, 4.69) is 22.4 Å². The van der Waals surface area contributed by atoms with Gasteiger partial charge in [-0.05, 0) is 31.0 Å². The molecule has 1 saturated heterocycles. The molecule has 6 heteroatoms. The number of nitrogens with one attached hydrogen (secondary N) is 2. The number of H-pyrrole nitrogens is 1. The Hall–Kier alpha value is -2.44. The van der Waals surface area contributed by atoms with E-state index in [4.69, 9.17) is 0 Å². The Morgan fingerprint density at radius 3 is 2.66 bits per heavy atom. The van der Waals surface area contributed by atoms with Gasteiger partial charge in [-0.15, -0.1) is 0 Å². The fourth-order valence-electron chi connectivity index (χ4n) is 4.10. The van der Waals surface area contributed by atoms with Crippen molar-refractivity contribution < 1.29 is 9.00 Å². The van der Waals surface area contributed by atoms with E-state index in [-0.39, 0.29) is 18.0 Å². The quantitative estimate of drug-likeness (QED) is 0.656. The Bertz CT molecular complexity index is 969. The van der Waals surface area contributed by atoms with Gasteiger partial charge >= 0.3 is 0 Å². The molecule has 0 saturated carbocycles. The fourth-order valence-corrected chi connectivity index (χ4v) is 5.68. The molecule has 1 aliphatic rings. The zero-order valence-electron chi connectivity index (χ0n) is 16.6. The SMILES string of the molecule is CCN(C(=O)c1cc2ccccc2[nH]1)C1CC(NCc2ccccc2)CS(=O)C1. The number of hydrogen-bond acceptors (Lipinski definition) is 3. The summed E-state index contributed by atoms with van der Waals surface area (Å²) >= 11 is 0. The number of aromatic nitrogens is 1. The highest BCUT2D eigenvalue weighted by Crippen LogP contribution is 2.21. The fraction of sp³-hybridized carbons (Fsp3) is 0.348. The van der Waals surface area contributed by atoms with Crippen LogP contribution in [-0.4, -0.2) is 50.1 Å². The molecule has 0 aliphatic carbocycles. The monoisotopic (exact) mass is 409 g/mol. The molecule has 1 aliphatic heterocycles. The van der Waals surface area contributed by atoms with Crippen molar-refractivity contribution in [1.29, 1.82) is 0 Å².